The highest BCUT2D eigenvalue weighted by molar-refractivity contribution is 7.98. The fourth-order valence-electron chi connectivity index (χ4n) is 1.84. The van der Waals surface area contributed by atoms with Crippen LogP contribution in [0.4, 0.5) is 0 Å². The molecule has 0 saturated carbocycles. The Morgan fingerprint density at radius 3 is 1.96 bits per heavy atom. The molecule has 148 valence electrons. The van der Waals surface area contributed by atoms with Crippen LogP contribution in [0.5, 0.6) is 0 Å². The van der Waals surface area contributed by atoms with E-state index in [0.29, 0.717) is 5.75 Å². The minimum Gasteiger partial charge on any atom is -0.481 e. The van der Waals surface area contributed by atoms with Gasteiger partial charge in [-0.3, -0.25) is 19.2 Å². The summed E-state index contributed by atoms with van der Waals surface area (Å²) in [6.45, 7) is 0. The third-order valence-corrected chi connectivity index (χ3v) is 3.89. The van der Waals surface area contributed by atoms with Gasteiger partial charge in [0.2, 0.25) is 11.8 Å². The quantitative estimate of drug-likeness (QED) is 0.213. The minimum absolute atomic E-state index is 0.119. The number of nitrogens with two attached hydrogens (primary N) is 1. The van der Waals surface area contributed by atoms with Crippen LogP contribution >= 0.6 is 11.8 Å². The maximum atomic E-state index is 12.2. The summed E-state index contributed by atoms with van der Waals surface area (Å²) in [4.78, 5) is 56.7. The lowest BCUT2D eigenvalue weighted by atomic mass is 10.1. The first kappa shape index (κ1) is 23.7. The third kappa shape index (κ3) is 9.84. The lowest BCUT2D eigenvalue weighted by Crippen LogP contribution is -2.55. The van der Waals surface area contributed by atoms with E-state index in [4.69, 9.17) is 21.1 Å². The molecule has 0 saturated heterocycles. The lowest BCUT2D eigenvalue weighted by molar-refractivity contribution is -0.143. The number of aliphatic carboxylic acids is 3. The van der Waals surface area contributed by atoms with E-state index in [1.807, 2.05) is 0 Å². The normalized spacial score (nSPS) is 13.9. The van der Waals surface area contributed by atoms with Crippen LogP contribution in [0, 0.1) is 0 Å². The number of hydrogen-bond donors (Lipinski definition) is 6. The van der Waals surface area contributed by atoms with Crippen molar-refractivity contribution < 1.29 is 39.3 Å². The van der Waals surface area contributed by atoms with Gasteiger partial charge in [0.05, 0.1) is 12.5 Å². The highest BCUT2D eigenvalue weighted by Crippen LogP contribution is 2.04. The van der Waals surface area contributed by atoms with Gasteiger partial charge >= 0.3 is 17.9 Å². The minimum atomic E-state index is -1.54. The number of carbonyl (C=O) groups excluding carboxylic acids is 2. The summed E-state index contributed by atoms with van der Waals surface area (Å²) in [5.74, 6) is -5.26. The molecule has 0 rings (SSSR count). The van der Waals surface area contributed by atoms with Gasteiger partial charge in [0.1, 0.15) is 12.1 Å². The number of carboxylic acid groups (broad SMARTS) is 3. The Bertz CT molecular complexity index is 542. The van der Waals surface area contributed by atoms with E-state index in [1.165, 1.54) is 11.8 Å². The van der Waals surface area contributed by atoms with Crippen molar-refractivity contribution in [1.29, 1.82) is 0 Å². The molecule has 0 aliphatic heterocycles. The Morgan fingerprint density at radius 2 is 1.50 bits per heavy atom. The Morgan fingerprint density at radius 1 is 0.923 bits per heavy atom. The Kier molecular flexibility index (Phi) is 11.0. The van der Waals surface area contributed by atoms with Gasteiger partial charge in [0.25, 0.3) is 0 Å². The van der Waals surface area contributed by atoms with E-state index in [0.717, 1.165) is 0 Å². The van der Waals surface area contributed by atoms with E-state index >= 15 is 0 Å². The van der Waals surface area contributed by atoms with Crippen molar-refractivity contribution in [3.8, 4) is 0 Å². The van der Waals surface area contributed by atoms with Crippen LogP contribution < -0.4 is 16.4 Å². The number of carboxylic acids is 3. The van der Waals surface area contributed by atoms with Crippen molar-refractivity contribution in [2.75, 3.05) is 12.0 Å². The molecular weight excluding hydrogens is 370 g/mol. The number of hydrogen-bond acceptors (Lipinski definition) is 7. The molecule has 0 aromatic heterocycles. The van der Waals surface area contributed by atoms with Crippen LogP contribution in [0.25, 0.3) is 0 Å². The molecule has 7 N–H and O–H groups in total. The molecule has 2 amide bonds. The van der Waals surface area contributed by atoms with Crippen molar-refractivity contribution in [2.24, 2.45) is 5.73 Å². The van der Waals surface area contributed by atoms with Crippen LogP contribution in [0.1, 0.15) is 25.7 Å². The molecule has 11 nitrogen and oxygen atoms in total. The second-order valence-electron chi connectivity index (χ2n) is 5.38. The average molecular weight is 393 g/mol. The molecule has 0 aromatic carbocycles. The fourth-order valence-corrected chi connectivity index (χ4v) is 2.31. The zero-order valence-electron chi connectivity index (χ0n) is 14.1. The zero-order chi connectivity index (χ0) is 20.3. The summed E-state index contributed by atoms with van der Waals surface area (Å²) >= 11 is 1.37. The first-order chi connectivity index (χ1) is 12.1. The number of carbonyl (C=O) groups is 5. The Hall–Kier alpha value is -2.34. The molecule has 0 aromatic rings. The molecular formula is C14H23N3O8S. The van der Waals surface area contributed by atoms with Crippen molar-refractivity contribution in [2.45, 2.75) is 43.8 Å². The van der Waals surface area contributed by atoms with Gasteiger partial charge in [-0.2, -0.15) is 11.8 Å². The maximum absolute atomic E-state index is 12.2. The van der Waals surface area contributed by atoms with Crippen molar-refractivity contribution in [3.63, 3.8) is 0 Å². The van der Waals surface area contributed by atoms with Gasteiger partial charge in [-0.15, -0.1) is 0 Å². The molecule has 26 heavy (non-hydrogen) atoms. The molecule has 0 fully saturated rings. The molecule has 0 radical (unpaired) electrons. The number of rotatable bonds is 13. The van der Waals surface area contributed by atoms with Crippen LogP contribution in [-0.4, -0.2) is 75.2 Å². The largest absolute Gasteiger partial charge is 0.481 e. The summed E-state index contributed by atoms with van der Waals surface area (Å²) in [6.07, 6.45) is 0.521. The number of amides is 2. The van der Waals surface area contributed by atoms with Gasteiger partial charge in [-0.05, 0) is 24.9 Å². The van der Waals surface area contributed by atoms with Crippen LogP contribution in [0.2, 0.25) is 0 Å². The van der Waals surface area contributed by atoms with Gasteiger partial charge in [0, 0.05) is 6.42 Å². The van der Waals surface area contributed by atoms with Crippen molar-refractivity contribution in [1.82, 2.24) is 10.6 Å². The fraction of sp³-hybridized carbons (Fsp3) is 0.643. The predicted octanol–water partition coefficient (Wildman–Crippen LogP) is -1.54. The van der Waals surface area contributed by atoms with Crippen LogP contribution in [0.15, 0.2) is 0 Å². The predicted molar refractivity (Wildman–Crippen MR) is 91.6 cm³/mol. The second kappa shape index (κ2) is 12.1. The Labute approximate surface area is 153 Å². The molecule has 0 unspecified atom stereocenters. The van der Waals surface area contributed by atoms with Gasteiger partial charge < -0.3 is 31.7 Å². The number of thioether (sulfide) groups is 1. The van der Waals surface area contributed by atoms with Crippen molar-refractivity contribution >= 4 is 41.5 Å². The van der Waals surface area contributed by atoms with E-state index in [-0.39, 0.29) is 19.3 Å². The zero-order valence-corrected chi connectivity index (χ0v) is 15.0. The summed E-state index contributed by atoms with van der Waals surface area (Å²) in [6, 6.07) is -4.02. The van der Waals surface area contributed by atoms with E-state index in [9.17, 15) is 24.0 Å². The summed E-state index contributed by atoms with van der Waals surface area (Å²) in [5.41, 5.74) is 5.51. The molecule has 0 heterocycles. The van der Waals surface area contributed by atoms with Crippen molar-refractivity contribution in [3.05, 3.63) is 0 Å². The third-order valence-electron chi connectivity index (χ3n) is 3.24. The van der Waals surface area contributed by atoms with Crippen LogP contribution in [0.3, 0.4) is 0 Å². The maximum Gasteiger partial charge on any atom is 0.326 e. The first-order valence-electron chi connectivity index (χ1n) is 7.60. The van der Waals surface area contributed by atoms with E-state index in [2.05, 4.69) is 10.6 Å². The molecule has 12 heteroatoms. The topological polar surface area (TPSA) is 196 Å². The summed E-state index contributed by atoms with van der Waals surface area (Å²) in [5, 5.41) is 30.9. The van der Waals surface area contributed by atoms with Gasteiger partial charge in [-0.25, -0.2) is 4.79 Å². The molecule has 0 bridgehead atoms. The standard InChI is InChI=1S/C14H23N3O8S/c1-26-5-4-8(14(24)25)16-13(23)9(6-11(20)21)17-12(22)7(15)2-3-10(18)19/h7-9H,2-6,15H2,1H3,(H,16,23)(H,17,22)(H,18,19)(H,20,21)(H,24,25)/t7-,8-,9-/m0/s1. The number of nitrogens with one attached hydrogen (secondary N) is 2. The average Bonchev–Trinajstić information content (AvgIpc) is 2.54. The highest BCUT2D eigenvalue weighted by atomic mass is 32.2. The lowest BCUT2D eigenvalue weighted by Gasteiger charge is -2.21. The molecule has 0 spiro atoms. The smallest absolute Gasteiger partial charge is 0.326 e. The molecule has 0 aliphatic rings. The molecule has 0 aliphatic carbocycles. The monoisotopic (exact) mass is 393 g/mol. The Balaban J connectivity index is 4.96. The SMILES string of the molecule is CSCC[C@H](NC(=O)[C@H](CC(=O)O)NC(=O)[C@@H](N)CCC(=O)O)C(=O)O. The van der Waals surface area contributed by atoms with Crippen LogP contribution in [-0.2, 0) is 24.0 Å². The van der Waals surface area contributed by atoms with E-state index < -0.39 is 54.3 Å². The van der Waals surface area contributed by atoms with Gasteiger partial charge in [-0.1, -0.05) is 0 Å². The summed E-state index contributed by atoms with van der Waals surface area (Å²) < 4.78 is 0. The van der Waals surface area contributed by atoms with Gasteiger partial charge in [0.15, 0.2) is 0 Å². The van der Waals surface area contributed by atoms with E-state index in [1.54, 1.807) is 6.26 Å². The first-order valence-corrected chi connectivity index (χ1v) is 8.99. The molecule has 3 atom stereocenters. The second-order valence-corrected chi connectivity index (χ2v) is 6.36. The summed E-state index contributed by atoms with van der Waals surface area (Å²) in [7, 11) is 0. The highest BCUT2D eigenvalue weighted by Gasteiger charge is 2.29.